The van der Waals surface area contributed by atoms with Gasteiger partial charge in [-0.15, -0.1) is 0 Å². The van der Waals surface area contributed by atoms with Crippen molar-refractivity contribution in [2.75, 3.05) is 19.8 Å². The zero-order valence-corrected chi connectivity index (χ0v) is 39.4. The van der Waals surface area contributed by atoms with Gasteiger partial charge in [-0.2, -0.15) is 0 Å². The Morgan fingerprint density at radius 1 is 0.492 bits per heavy atom. The molecule has 0 spiro atoms. The van der Waals surface area contributed by atoms with E-state index in [1.165, 1.54) is 180 Å². The van der Waals surface area contributed by atoms with Crippen molar-refractivity contribution in [1.29, 1.82) is 0 Å². The number of esters is 2. The highest BCUT2D eigenvalue weighted by Crippen LogP contribution is 2.23. The Morgan fingerprint density at radius 3 is 1.34 bits per heavy atom. The van der Waals surface area contributed by atoms with E-state index < -0.39 is 49.4 Å². The molecule has 6 atom stereocenters. The van der Waals surface area contributed by atoms with Crippen molar-refractivity contribution >= 4 is 11.9 Å². The molecule has 0 aromatic heterocycles. The van der Waals surface area contributed by atoms with Crippen LogP contribution in [0.25, 0.3) is 0 Å². The zero-order chi connectivity index (χ0) is 44.4. The number of hydrogen-bond donors (Lipinski definition) is 4. The molecular weight excluding hydrogens is 773 g/mol. The van der Waals surface area contributed by atoms with Crippen LogP contribution in [0.1, 0.15) is 245 Å². The van der Waals surface area contributed by atoms with E-state index in [4.69, 9.17) is 18.9 Å². The molecule has 0 radical (unpaired) electrons. The van der Waals surface area contributed by atoms with Gasteiger partial charge >= 0.3 is 11.9 Å². The van der Waals surface area contributed by atoms with Crippen LogP contribution < -0.4 is 0 Å². The fourth-order valence-electron chi connectivity index (χ4n) is 8.09. The standard InChI is InChI=1S/C51H96O10/c1-3-5-7-9-11-13-15-17-19-20-21-22-23-24-26-27-29-31-33-35-37-39-46(53)58-42-44(43-59-51-50(57)49(56)48(55)45(41-52)61-51)60-47(54)40-38-36-34-32-30-28-25-18-16-14-12-10-8-6-4-2/h34,36,44-45,48-52,55-57H,3-33,35,37-43H2,1-2H3/b36-34+/t44-,45-,48+,49?,50?,51-/m0/s1. The number of carbonyl (C=O) groups excluding carboxylic acids is 2. The third kappa shape index (κ3) is 33.6. The molecule has 1 rings (SSSR count). The molecule has 1 aliphatic heterocycles. The predicted molar refractivity (Wildman–Crippen MR) is 247 cm³/mol. The maximum Gasteiger partial charge on any atom is 0.306 e. The molecule has 4 N–H and O–H groups in total. The van der Waals surface area contributed by atoms with Crippen molar-refractivity contribution in [2.45, 2.75) is 282 Å². The second-order valence-electron chi connectivity index (χ2n) is 18.0. The SMILES string of the molecule is CCCCCCCCCCCCC/C=C/CCC(=O)O[C@@H](COC(=O)CCCCCCCCCCCCCCCCCCCCCCC)CO[C@H]1O[C@@H](CO)[C@@H](O)C(O)C1O. The third-order valence-corrected chi connectivity index (χ3v) is 12.2. The largest absolute Gasteiger partial charge is 0.462 e. The fourth-order valence-corrected chi connectivity index (χ4v) is 8.09. The lowest BCUT2D eigenvalue weighted by Gasteiger charge is -2.39. The highest BCUT2D eigenvalue weighted by molar-refractivity contribution is 5.70. The van der Waals surface area contributed by atoms with Gasteiger partial charge in [-0.1, -0.05) is 219 Å². The average molecular weight is 869 g/mol. The molecule has 1 aliphatic rings. The fraction of sp³-hybridized carbons (Fsp3) is 0.922. The summed E-state index contributed by atoms with van der Waals surface area (Å²) in [6, 6.07) is 0. The van der Waals surface area contributed by atoms with Gasteiger partial charge in [0.25, 0.3) is 0 Å². The van der Waals surface area contributed by atoms with Crippen LogP contribution in [0, 0.1) is 0 Å². The minimum absolute atomic E-state index is 0.151. The van der Waals surface area contributed by atoms with Gasteiger partial charge in [0.2, 0.25) is 0 Å². The molecular formula is C51H96O10. The second-order valence-corrected chi connectivity index (χ2v) is 18.0. The molecule has 0 amide bonds. The number of rotatable bonds is 44. The van der Waals surface area contributed by atoms with E-state index >= 15 is 0 Å². The van der Waals surface area contributed by atoms with E-state index in [1.54, 1.807) is 0 Å². The summed E-state index contributed by atoms with van der Waals surface area (Å²) in [6.07, 6.45) is 39.5. The molecule has 1 heterocycles. The lowest BCUT2D eigenvalue weighted by molar-refractivity contribution is -0.305. The van der Waals surface area contributed by atoms with Crippen LogP contribution in [0.3, 0.4) is 0 Å². The van der Waals surface area contributed by atoms with Crippen molar-refractivity contribution < 1.29 is 49.0 Å². The van der Waals surface area contributed by atoms with Gasteiger partial charge in [0, 0.05) is 12.8 Å². The van der Waals surface area contributed by atoms with E-state index in [1.807, 2.05) is 6.08 Å². The first-order valence-electron chi connectivity index (χ1n) is 25.8. The molecule has 10 heteroatoms. The molecule has 0 aromatic rings. The molecule has 360 valence electrons. The van der Waals surface area contributed by atoms with Crippen LogP contribution in [-0.2, 0) is 28.5 Å². The van der Waals surface area contributed by atoms with Crippen molar-refractivity contribution in [2.24, 2.45) is 0 Å². The van der Waals surface area contributed by atoms with Crippen LogP contribution in [0.4, 0.5) is 0 Å². The zero-order valence-electron chi connectivity index (χ0n) is 39.4. The Morgan fingerprint density at radius 2 is 0.902 bits per heavy atom. The van der Waals surface area contributed by atoms with Gasteiger partial charge in [0.15, 0.2) is 12.4 Å². The van der Waals surface area contributed by atoms with Gasteiger partial charge < -0.3 is 39.4 Å². The highest BCUT2D eigenvalue weighted by atomic mass is 16.7. The summed E-state index contributed by atoms with van der Waals surface area (Å²) in [4.78, 5) is 25.4. The lowest BCUT2D eigenvalue weighted by Crippen LogP contribution is -2.59. The predicted octanol–water partition coefficient (Wildman–Crippen LogP) is 11.9. The average Bonchev–Trinajstić information content (AvgIpc) is 3.26. The van der Waals surface area contributed by atoms with Gasteiger partial charge in [0.1, 0.15) is 31.0 Å². The topological polar surface area (TPSA) is 152 Å². The quantitative estimate of drug-likeness (QED) is 0.0264. The third-order valence-electron chi connectivity index (χ3n) is 12.2. The Hall–Kier alpha value is -1.56. The summed E-state index contributed by atoms with van der Waals surface area (Å²) in [6.45, 7) is 3.43. The molecule has 0 saturated carbocycles. The van der Waals surface area contributed by atoms with Gasteiger partial charge in [-0.3, -0.25) is 9.59 Å². The normalized spacial score (nSPS) is 19.7. The Balaban J connectivity index is 2.24. The van der Waals surface area contributed by atoms with E-state index in [-0.39, 0.29) is 32.0 Å². The van der Waals surface area contributed by atoms with Crippen molar-refractivity contribution in [1.82, 2.24) is 0 Å². The van der Waals surface area contributed by atoms with Crippen LogP contribution in [0.15, 0.2) is 12.2 Å². The van der Waals surface area contributed by atoms with Crippen LogP contribution in [0.2, 0.25) is 0 Å². The number of aliphatic hydroxyl groups is 4. The molecule has 2 unspecified atom stereocenters. The molecule has 10 nitrogen and oxygen atoms in total. The maximum absolute atomic E-state index is 12.8. The molecule has 0 bridgehead atoms. The van der Waals surface area contributed by atoms with Gasteiger partial charge in [0.05, 0.1) is 13.2 Å². The monoisotopic (exact) mass is 869 g/mol. The number of allylic oxidation sites excluding steroid dienone is 2. The first kappa shape index (κ1) is 57.5. The Bertz CT molecular complexity index is 1010. The number of carbonyl (C=O) groups is 2. The van der Waals surface area contributed by atoms with E-state index in [0.717, 1.165) is 32.1 Å². The molecule has 1 saturated heterocycles. The van der Waals surface area contributed by atoms with Crippen LogP contribution >= 0.6 is 0 Å². The van der Waals surface area contributed by atoms with Gasteiger partial charge in [-0.05, 0) is 25.7 Å². The van der Waals surface area contributed by atoms with Crippen molar-refractivity contribution in [3.8, 4) is 0 Å². The molecule has 1 fully saturated rings. The smallest absolute Gasteiger partial charge is 0.306 e. The number of aliphatic hydroxyl groups excluding tert-OH is 4. The number of ether oxygens (including phenoxy) is 4. The van der Waals surface area contributed by atoms with Crippen molar-refractivity contribution in [3.05, 3.63) is 12.2 Å². The van der Waals surface area contributed by atoms with E-state index in [0.29, 0.717) is 6.42 Å². The summed E-state index contributed by atoms with van der Waals surface area (Å²) in [5, 5.41) is 40.2. The summed E-state index contributed by atoms with van der Waals surface area (Å²) < 4.78 is 22.2. The second kappa shape index (κ2) is 42.4. The summed E-state index contributed by atoms with van der Waals surface area (Å²) >= 11 is 0. The molecule has 0 aromatic carbocycles. The molecule has 0 aliphatic carbocycles. The summed E-state index contributed by atoms with van der Waals surface area (Å²) in [7, 11) is 0. The van der Waals surface area contributed by atoms with E-state index in [2.05, 4.69) is 19.9 Å². The first-order chi connectivity index (χ1) is 29.8. The highest BCUT2D eigenvalue weighted by Gasteiger charge is 2.44. The lowest BCUT2D eigenvalue weighted by atomic mass is 9.99. The number of hydrogen-bond acceptors (Lipinski definition) is 10. The maximum atomic E-state index is 12.8. The first-order valence-corrected chi connectivity index (χ1v) is 25.8. The number of unbranched alkanes of at least 4 members (excludes halogenated alkanes) is 31. The van der Waals surface area contributed by atoms with Crippen LogP contribution in [0.5, 0.6) is 0 Å². The van der Waals surface area contributed by atoms with Crippen LogP contribution in [-0.4, -0.2) is 89.0 Å². The Kier molecular flexibility index (Phi) is 39.9. The minimum Gasteiger partial charge on any atom is -0.462 e. The molecule has 61 heavy (non-hydrogen) atoms. The minimum atomic E-state index is -1.60. The van der Waals surface area contributed by atoms with Crippen molar-refractivity contribution in [3.63, 3.8) is 0 Å². The Labute approximate surface area is 373 Å². The summed E-state index contributed by atoms with van der Waals surface area (Å²) in [5.41, 5.74) is 0. The van der Waals surface area contributed by atoms with E-state index in [9.17, 15) is 30.0 Å². The summed E-state index contributed by atoms with van der Waals surface area (Å²) in [5.74, 6) is -0.848. The van der Waals surface area contributed by atoms with Gasteiger partial charge in [-0.25, -0.2) is 0 Å².